The highest BCUT2D eigenvalue weighted by Crippen LogP contribution is 2.22. The molecule has 2 amide bonds. The molecule has 0 bridgehead atoms. The molecule has 0 heterocycles. The third-order valence-electron chi connectivity index (χ3n) is 4.06. The van der Waals surface area contributed by atoms with E-state index in [0.29, 0.717) is 24.3 Å². The minimum absolute atomic E-state index is 0.105. The van der Waals surface area contributed by atoms with Gasteiger partial charge in [0.15, 0.2) is 0 Å². The first-order chi connectivity index (χ1) is 12.9. The van der Waals surface area contributed by atoms with Crippen LogP contribution in [0.25, 0.3) is 0 Å². The highest BCUT2D eigenvalue weighted by atomic mass is 16.5. The van der Waals surface area contributed by atoms with E-state index in [-0.39, 0.29) is 12.3 Å². The van der Waals surface area contributed by atoms with Crippen molar-refractivity contribution in [3.8, 4) is 11.5 Å². The molecule has 0 aromatic heterocycles. The number of hydrogen-bond donors (Lipinski definition) is 3. The molecular weight excluding hydrogens is 346 g/mol. The minimum Gasteiger partial charge on any atom is -0.457 e. The van der Waals surface area contributed by atoms with Gasteiger partial charge in [0.05, 0.1) is 6.04 Å². The van der Waals surface area contributed by atoms with Crippen molar-refractivity contribution < 1.29 is 19.5 Å². The van der Waals surface area contributed by atoms with Crippen LogP contribution in [0.1, 0.15) is 17.5 Å². The van der Waals surface area contributed by atoms with Gasteiger partial charge in [0.1, 0.15) is 11.5 Å². The van der Waals surface area contributed by atoms with Gasteiger partial charge in [-0.2, -0.15) is 0 Å². The fourth-order valence-corrected chi connectivity index (χ4v) is 2.54. The lowest BCUT2D eigenvalue weighted by Gasteiger charge is -2.16. The van der Waals surface area contributed by atoms with Crippen molar-refractivity contribution in [3.63, 3.8) is 0 Å². The number of likely N-dealkylation sites (N-methyl/N-ethyl adjacent to an activating group) is 1. The van der Waals surface area contributed by atoms with E-state index in [1.807, 2.05) is 48.5 Å². The van der Waals surface area contributed by atoms with Crippen molar-refractivity contribution in [1.29, 1.82) is 0 Å². The first kappa shape index (κ1) is 20.4. The summed E-state index contributed by atoms with van der Waals surface area (Å²) in [6.07, 6.45) is 1.22. The second-order valence-corrected chi connectivity index (χ2v) is 6.47. The number of hydrogen-bond acceptors (Lipinski definition) is 5. The molecular formula is C20H25N3O4. The van der Waals surface area contributed by atoms with Gasteiger partial charge in [-0.05, 0) is 48.2 Å². The summed E-state index contributed by atoms with van der Waals surface area (Å²) in [5, 5.41) is 8.49. The Hall–Kier alpha value is -2.90. The molecule has 0 aliphatic heterocycles. The van der Waals surface area contributed by atoms with E-state index in [9.17, 15) is 9.59 Å². The predicted molar refractivity (Wildman–Crippen MR) is 102 cm³/mol. The zero-order valence-electron chi connectivity index (χ0n) is 15.5. The van der Waals surface area contributed by atoms with Crippen LogP contribution in [0.4, 0.5) is 0 Å². The number of nitrogens with two attached hydrogens (primary N) is 1. The van der Waals surface area contributed by atoms with E-state index < -0.39 is 11.9 Å². The number of amides is 2. The molecule has 27 heavy (non-hydrogen) atoms. The number of ether oxygens (including phenoxy) is 1. The molecule has 0 aliphatic carbocycles. The van der Waals surface area contributed by atoms with E-state index in [1.165, 1.54) is 4.90 Å². The number of benzene rings is 2. The lowest BCUT2D eigenvalue weighted by atomic mass is 10.1. The number of nitrogens with one attached hydrogen (secondary N) is 1. The standard InChI is InChI=1S/C20H25N3O4/c1-23(2)20(25)18(21)13-15-5-10-17(11-6-15)27-16-8-3-14(4-9-16)7-12-19(24)22-26/h3-6,8-11,18,26H,7,12-13,21H2,1-2H3,(H,22,24). The third kappa shape index (κ3) is 6.40. The molecule has 4 N–H and O–H groups in total. The van der Waals surface area contributed by atoms with Gasteiger partial charge in [-0.15, -0.1) is 0 Å². The van der Waals surface area contributed by atoms with E-state index in [4.69, 9.17) is 15.7 Å². The average Bonchev–Trinajstić information content (AvgIpc) is 2.67. The Morgan fingerprint density at radius 3 is 2.04 bits per heavy atom. The highest BCUT2D eigenvalue weighted by molar-refractivity contribution is 5.81. The Morgan fingerprint density at radius 1 is 1.04 bits per heavy atom. The zero-order chi connectivity index (χ0) is 19.8. The van der Waals surface area contributed by atoms with Crippen molar-refractivity contribution in [2.24, 2.45) is 5.73 Å². The molecule has 1 unspecified atom stereocenters. The summed E-state index contributed by atoms with van der Waals surface area (Å²) in [4.78, 5) is 24.4. The normalized spacial score (nSPS) is 11.6. The summed E-state index contributed by atoms with van der Waals surface area (Å²) in [7, 11) is 3.37. The third-order valence-corrected chi connectivity index (χ3v) is 4.06. The predicted octanol–water partition coefficient (Wildman–Crippen LogP) is 1.87. The molecule has 2 aromatic carbocycles. The molecule has 144 valence electrons. The monoisotopic (exact) mass is 371 g/mol. The first-order valence-corrected chi connectivity index (χ1v) is 8.64. The Balaban J connectivity index is 1.90. The number of rotatable bonds is 8. The maximum atomic E-state index is 11.8. The fourth-order valence-electron chi connectivity index (χ4n) is 2.54. The fraction of sp³-hybridized carbons (Fsp3) is 0.300. The molecule has 0 aliphatic rings. The van der Waals surface area contributed by atoms with E-state index >= 15 is 0 Å². The molecule has 7 nitrogen and oxygen atoms in total. The molecule has 2 rings (SSSR count). The molecule has 0 fully saturated rings. The summed E-state index contributed by atoms with van der Waals surface area (Å²) < 4.78 is 5.80. The van der Waals surface area contributed by atoms with Crippen molar-refractivity contribution >= 4 is 11.8 Å². The summed E-state index contributed by atoms with van der Waals surface area (Å²) >= 11 is 0. The smallest absolute Gasteiger partial charge is 0.243 e. The van der Waals surface area contributed by atoms with Crippen molar-refractivity contribution in [1.82, 2.24) is 10.4 Å². The first-order valence-electron chi connectivity index (χ1n) is 8.64. The molecule has 2 aromatic rings. The number of carbonyl (C=O) groups excluding carboxylic acids is 2. The SMILES string of the molecule is CN(C)C(=O)C(N)Cc1ccc(Oc2ccc(CCC(=O)NO)cc2)cc1. The Bertz CT molecular complexity index is 758. The van der Waals surface area contributed by atoms with E-state index in [2.05, 4.69) is 0 Å². The van der Waals surface area contributed by atoms with Crippen LogP contribution >= 0.6 is 0 Å². The summed E-state index contributed by atoms with van der Waals surface area (Å²) in [5.74, 6) is 0.838. The van der Waals surface area contributed by atoms with Crippen molar-refractivity contribution in [3.05, 3.63) is 59.7 Å². The van der Waals surface area contributed by atoms with Gasteiger partial charge in [-0.3, -0.25) is 14.8 Å². The molecule has 0 spiro atoms. The van der Waals surface area contributed by atoms with Gasteiger partial charge >= 0.3 is 0 Å². The van der Waals surface area contributed by atoms with E-state index in [1.54, 1.807) is 19.6 Å². The van der Waals surface area contributed by atoms with E-state index in [0.717, 1.165) is 11.1 Å². The van der Waals surface area contributed by atoms with Crippen LogP contribution < -0.4 is 16.0 Å². The molecule has 7 heteroatoms. The van der Waals surface area contributed by atoms with Gasteiger partial charge in [0.2, 0.25) is 11.8 Å². The van der Waals surface area contributed by atoms with Crippen LogP contribution in [-0.4, -0.2) is 42.1 Å². The summed E-state index contributed by atoms with van der Waals surface area (Å²) in [6.45, 7) is 0. The molecule has 1 atom stereocenters. The van der Waals surface area contributed by atoms with Gasteiger partial charge in [0, 0.05) is 20.5 Å². The average molecular weight is 371 g/mol. The van der Waals surface area contributed by atoms with Gasteiger partial charge in [-0.25, -0.2) is 5.48 Å². The van der Waals surface area contributed by atoms with Crippen LogP contribution in [0.5, 0.6) is 11.5 Å². The van der Waals surface area contributed by atoms with Crippen LogP contribution in [0.2, 0.25) is 0 Å². The molecule has 0 saturated heterocycles. The molecule has 0 radical (unpaired) electrons. The Kier molecular flexibility index (Phi) is 7.34. The van der Waals surface area contributed by atoms with Crippen LogP contribution in [0, 0.1) is 0 Å². The second-order valence-electron chi connectivity index (χ2n) is 6.47. The number of nitrogens with zero attached hydrogens (tertiary/aromatic N) is 1. The molecule has 0 saturated carbocycles. The van der Waals surface area contributed by atoms with Crippen molar-refractivity contribution in [2.75, 3.05) is 14.1 Å². The van der Waals surface area contributed by atoms with Gasteiger partial charge < -0.3 is 15.4 Å². The zero-order valence-corrected chi connectivity index (χ0v) is 15.5. The van der Waals surface area contributed by atoms with Crippen molar-refractivity contribution in [2.45, 2.75) is 25.3 Å². The van der Waals surface area contributed by atoms with Crippen LogP contribution in [0.15, 0.2) is 48.5 Å². The largest absolute Gasteiger partial charge is 0.457 e. The maximum Gasteiger partial charge on any atom is 0.243 e. The Morgan fingerprint density at radius 2 is 1.56 bits per heavy atom. The lowest BCUT2D eigenvalue weighted by Crippen LogP contribution is -2.41. The second kappa shape index (κ2) is 9.70. The van der Waals surface area contributed by atoms with Gasteiger partial charge in [0.25, 0.3) is 0 Å². The quantitative estimate of drug-likeness (QED) is 0.485. The number of carbonyl (C=O) groups is 2. The number of hydroxylamine groups is 1. The highest BCUT2D eigenvalue weighted by Gasteiger charge is 2.15. The Labute approximate surface area is 158 Å². The number of aryl methyl sites for hydroxylation is 1. The lowest BCUT2D eigenvalue weighted by molar-refractivity contribution is -0.130. The summed E-state index contributed by atoms with van der Waals surface area (Å²) in [6, 6.07) is 14.3. The summed E-state index contributed by atoms with van der Waals surface area (Å²) in [5.41, 5.74) is 9.47. The van der Waals surface area contributed by atoms with Crippen LogP contribution in [0.3, 0.4) is 0 Å². The van der Waals surface area contributed by atoms with Crippen LogP contribution in [-0.2, 0) is 22.4 Å². The topological polar surface area (TPSA) is 105 Å². The maximum absolute atomic E-state index is 11.8. The van der Waals surface area contributed by atoms with Gasteiger partial charge in [-0.1, -0.05) is 24.3 Å². The minimum atomic E-state index is -0.563.